The van der Waals surface area contributed by atoms with Crippen LogP contribution >= 0.6 is 11.3 Å². The zero-order chi connectivity index (χ0) is 16.8. The highest BCUT2D eigenvalue weighted by Crippen LogP contribution is 2.23. The first kappa shape index (κ1) is 16.8. The van der Waals surface area contributed by atoms with Crippen molar-refractivity contribution in [2.75, 3.05) is 6.54 Å². The molecule has 1 amide bonds. The number of aryl methyl sites for hydroxylation is 1. The zero-order valence-electron chi connectivity index (χ0n) is 14.1. The van der Waals surface area contributed by atoms with Crippen LogP contribution in [0.4, 0.5) is 0 Å². The number of hydrogen-bond acceptors (Lipinski definition) is 4. The van der Waals surface area contributed by atoms with Crippen molar-refractivity contribution in [3.63, 3.8) is 0 Å². The minimum atomic E-state index is -0.0746. The highest BCUT2D eigenvalue weighted by molar-refractivity contribution is 7.12. The first-order valence-corrected chi connectivity index (χ1v) is 9.53. The standard InChI is InChI=1S/C19H23N3OS/c1-2-3-4-5-7-15-12-18(24-14-15)17-9-11-22(21-17)19(23)16-8-6-10-20-13-16/h6,8,10,12-14H,2-5,7,9,11H2,1H3. The van der Waals surface area contributed by atoms with Crippen LogP contribution in [0.2, 0.25) is 0 Å². The summed E-state index contributed by atoms with van der Waals surface area (Å²) in [6.45, 7) is 2.88. The predicted octanol–water partition coefficient (Wildman–Crippen LogP) is 4.52. The summed E-state index contributed by atoms with van der Waals surface area (Å²) in [6.07, 6.45) is 10.4. The lowest BCUT2D eigenvalue weighted by Gasteiger charge is -2.10. The van der Waals surface area contributed by atoms with Gasteiger partial charge in [0.2, 0.25) is 0 Å². The highest BCUT2D eigenvalue weighted by Gasteiger charge is 2.23. The monoisotopic (exact) mass is 341 g/mol. The quantitative estimate of drug-likeness (QED) is 0.695. The van der Waals surface area contributed by atoms with Crippen LogP contribution < -0.4 is 0 Å². The molecule has 1 aliphatic heterocycles. The van der Waals surface area contributed by atoms with E-state index in [0.717, 1.165) is 18.6 Å². The molecule has 3 rings (SSSR count). The number of amides is 1. The predicted molar refractivity (Wildman–Crippen MR) is 98.6 cm³/mol. The van der Waals surface area contributed by atoms with E-state index in [1.54, 1.807) is 40.9 Å². The van der Waals surface area contributed by atoms with Gasteiger partial charge in [0.15, 0.2) is 0 Å². The molecule has 0 spiro atoms. The molecule has 0 bridgehead atoms. The molecule has 24 heavy (non-hydrogen) atoms. The lowest BCUT2D eigenvalue weighted by atomic mass is 10.1. The Morgan fingerprint density at radius 2 is 2.25 bits per heavy atom. The Morgan fingerprint density at radius 1 is 1.33 bits per heavy atom. The summed E-state index contributed by atoms with van der Waals surface area (Å²) in [5.74, 6) is -0.0746. The number of hydrogen-bond donors (Lipinski definition) is 0. The van der Waals surface area contributed by atoms with Crippen LogP contribution in [0.1, 0.15) is 59.8 Å². The number of thiophene rings is 1. The Kier molecular flexibility index (Phi) is 5.75. The molecule has 0 saturated heterocycles. The maximum absolute atomic E-state index is 12.4. The molecule has 1 aliphatic rings. The van der Waals surface area contributed by atoms with Gasteiger partial charge < -0.3 is 0 Å². The fraction of sp³-hybridized carbons (Fsp3) is 0.421. The number of rotatable bonds is 7. The second-order valence-corrected chi connectivity index (χ2v) is 7.01. The molecule has 3 heterocycles. The maximum atomic E-state index is 12.4. The third-order valence-corrected chi connectivity index (χ3v) is 5.23. The summed E-state index contributed by atoms with van der Waals surface area (Å²) >= 11 is 1.74. The van der Waals surface area contributed by atoms with Crippen molar-refractivity contribution in [3.8, 4) is 0 Å². The van der Waals surface area contributed by atoms with E-state index in [1.807, 2.05) is 0 Å². The van der Waals surface area contributed by atoms with Gasteiger partial charge in [-0.05, 0) is 42.0 Å². The molecule has 0 aliphatic carbocycles. The third-order valence-electron chi connectivity index (χ3n) is 4.20. The van der Waals surface area contributed by atoms with E-state index in [2.05, 4.69) is 28.5 Å². The van der Waals surface area contributed by atoms with Gasteiger partial charge in [0.25, 0.3) is 5.91 Å². The number of carbonyl (C=O) groups excluding carboxylic acids is 1. The van der Waals surface area contributed by atoms with Crippen molar-refractivity contribution in [1.29, 1.82) is 0 Å². The fourth-order valence-corrected chi connectivity index (χ4v) is 3.79. The molecule has 4 nitrogen and oxygen atoms in total. The highest BCUT2D eigenvalue weighted by atomic mass is 32.1. The fourth-order valence-electron chi connectivity index (χ4n) is 2.83. The van der Waals surface area contributed by atoms with Crippen LogP contribution in [0, 0.1) is 0 Å². The largest absolute Gasteiger partial charge is 0.275 e. The number of carbonyl (C=O) groups is 1. The van der Waals surface area contributed by atoms with Crippen LogP contribution in [0.5, 0.6) is 0 Å². The molecule has 0 aromatic carbocycles. The molecule has 0 atom stereocenters. The summed E-state index contributed by atoms with van der Waals surface area (Å²) in [5, 5.41) is 8.33. The van der Waals surface area contributed by atoms with Crippen molar-refractivity contribution in [3.05, 3.63) is 52.0 Å². The van der Waals surface area contributed by atoms with E-state index in [0.29, 0.717) is 12.1 Å². The number of unbranched alkanes of at least 4 members (excludes halogenated alkanes) is 3. The first-order valence-electron chi connectivity index (χ1n) is 8.65. The Morgan fingerprint density at radius 3 is 3.04 bits per heavy atom. The van der Waals surface area contributed by atoms with Gasteiger partial charge in [0.05, 0.1) is 22.7 Å². The summed E-state index contributed by atoms with van der Waals surface area (Å²) in [6, 6.07) is 5.80. The van der Waals surface area contributed by atoms with Crippen LogP contribution in [-0.2, 0) is 6.42 Å². The van der Waals surface area contributed by atoms with Gasteiger partial charge in [-0.15, -0.1) is 11.3 Å². The van der Waals surface area contributed by atoms with Crippen molar-refractivity contribution < 1.29 is 4.79 Å². The molecular weight excluding hydrogens is 318 g/mol. The molecule has 0 radical (unpaired) electrons. The third kappa shape index (κ3) is 4.09. The van der Waals surface area contributed by atoms with Crippen LogP contribution in [0.15, 0.2) is 41.1 Å². The van der Waals surface area contributed by atoms with Gasteiger partial charge in [-0.1, -0.05) is 26.2 Å². The van der Waals surface area contributed by atoms with Gasteiger partial charge in [-0.2, -0.15) is 5.10 Å². The van der Waals surface area contributed by atoms with Gasteiger partial charge in [0.1, 0.15) is 0 Å². The van der Waals surface area contributed by atoms with Crippen molar-refractivity contribution in [1.82, 2.24) is 9.99 Å². The maximum Gasteiger partial charge on any atom is 0.275 e. The van der Waals surface area contributed by atoms with Crippen molar-refractivity contribution in [2.45, 2.75) is 45.4 Å². The minimum absolute atomic E-state index is 0.0746. The number of hydrazone groups is 1. The zero-order valence-corrected chi connectivity index (χ0v) is 14.9. The summed E-state index contributed by atoms with van der Waals surface area (Å²) in [4.78, 5) is 17.6. The van der Waals surface area contributed by atoms with Crippen LogP contribution in [-0.4, -0.2) is 28.2 Å². The van der Waals surface area contributed by atoms with E-state index in [-0.39, 0.29) is 5.91 Å². The second-order valence-electron chi connectivity index (χ2n) is 6.10. The molecule has 0 unspecified atom stereocenters. The van der Waals surface area contributed by atoms with E-state index in [9.17, 15) is 4.79 Å². The smallest absolute Gasteiger partial charge is 0.267 e. The van der Waals surface area contributed by atoms with Gasteiger partial charge in [-0.25, -0.2) is 5.01 Å². The lowest BCUT2D eigenvalue weighted by molar-refractivity contribution is 0.0778. The Balaban J connectivity index is 1.62. The van der Waals surface area contributed by atoms with Gasteiger partial charge >= 0.3 is 0 Å². The summed E-state index contributed by atoms with van der Waals surface area (Å²) in [5.41, 5.74) is 3.01. The normalized spacial score (nSPS) is 14.0. The molecule has 5 heteroatoms. The Labute approximate surface area is 147 Å². The van der Waals surface area contributed by atoms with Crippen LogP contribution in [0.3, 0.4) is 0 Å². The van der Waals surface area contributed by atoms with Crippen molar-refractivity contribution in [2.24, 2.45) is 5.10 Å². The van der Waals surface area contributed by atoms with E-state index in [1.165, 1.54) is 36.1 Å². The second kappa shape index (κ2) is 8.20. The molecule has 126 valence electrons. The first-order chi connectivity index (χ1) is 11.8. The number of pyridine rings is 1. The Bertz CT molecular complexity index is 708. The topological polar surface area (TPSA) is 45.6 Å². The van der Waals surface area contributed by atoms with E-state index < -0.39 is 0 Å². The van der Waals surface area contributed by atoms with Gasteiger partial charge in [-0.3, -0.25) is 9.78 Å². The van der Waals surface area contributed by atoms with Gasteiger partial charge in [0, 0.05) is 18.8 Å². The van der Waals surface area contributed by atoms with Crippen LogP contribution in [0.25, 0.3) is 0 Å². The molecule has 2 aromatic heterocycles. The molecular formula is C19H23N3OS. The van der Waals surface area contributed by atoms with Crippen molar-refractivity contribution >= 4 is 23.0 Å². The SMILES string of the molecule is CCCCCCc1csc(C2=NN(C(=O)c3cccnc3)CC2)c1. The Hall–Kier alpha value is -2.01. The van der Waals surface area contributed by atoms with E-state index >= 15 is 0 Å². The average Bonchev–Trinajstić information content (AvgIpc) is 3.28. The average molecular weight is 341 g/mol. The molecule has 0 saturated carbocycles. The summed E-state index contributed by atoms with van der Waals surface area (Å²) in [7, 11) is 0. The molecule has 2 aromatic rings. The number of aromatic nitrogens is 1. The summed E-state index contributed by atoms with van der Waals surface area (Å²) < 4.78 is 0. The van der Waals surface area contributed by atoms with E-state index in [4.69, 9.17) is 0 Å². The molecule has 0 N–H and O–H groups in total. The minimum Gasteiger partial charge on any atom is -0.267 e. The lowest BCUT2D eigenvalue weighted by Crippen LogP contribution is -2.23. The molecule has 0 fully saturated rings. The number of nitrogens with zero attached hydrogens (tertiary/aromatic N) is 3.